The Morgan fingerprint density at radius 2 is 1.94 bits per heavy atom. The molecule has 7 heteroatoms. The van der Waals surface area contributed by atoms with Crippen molar-refractivity contribution < 1.29 is 13.2 Å². The molecule has 0 N–H and O–H groups in total. The van der Waals surface area contributed by atoms with Gasteiger partial charge < -0.3 is 4.42 Å². The smallest absolute Gasteiger partial charge is 0.374 e. The van der Waals surface area contributed by atoms with Gasteiger partial charge in [0, 0.05) is 9.92 Å². The Bertz CT molecular complexity index is 461. The third-order valence-electron chi connectivity index (χ3n) is 1.67. The average molecular weight is 263 g/mol. The largest absolute Gasteiger partial charge is 0.422 e. The minimum Gasteiger partial charge on any atom is -0.422 e. The van der Waals surface area contributed by atoms with Crippen LogP contribution in [0.25, 0.3) is 0 Å². The van der Waals surface area contributed by atoms with Crippen LogP contribution in [0.15, 0.2) is 40.0 Å². The maximum atomic E-state index is 13.5. The van der Waals surface area contributed by atoms with Crippen molar-refractivity contribution in [3.05, 3.63) is 41.6 Å². The summed E-state index contributed by atoms with van der Waals surface area (Å²) in [5.41, 5.74) is 0. The van der Waals surface area contributed by atoms with Crippen LogP contribution in [0.1, 0.15) is 5.89 Å². The Morgan fingerprint density at radius 3 is 2.50 bits per heavy atom. The normalized spacial score (nSPS) is 11.7. The van der Waals surface area contributed by atoms with Crippen molar-refractivity contribution in [2.24, 2.45) is 0 Å². The van der Waals surface area contributed by atoms with Gasteiger partial charge in [-0.1, -0.05) is 11.6 Å². The van der Waals surface area contributed by atoms with Crippen molar-refractivity contribution in [1.82, 2.24) is 10.2 Å². The van der Waals surface area contributed by atoms with E-state index in [2.05, 4.69) is 14.6 Å². The van der Waals surface area contributed by atoms with Crippen LogP contribution in [0.4, 0.5) is 8.78 Å². The lowest BCUT2D eigenvalue weighted by molar-refractivity contribution is 0.0714. The van der Waals surface area contributed by atoms with Crippen molar-refractivity contribution in [2.45, 2.75) is 10.2 Å². The van der Waals surface area contributed by atoms with Gasteiger partial charge in [0.2, 0.25) is 6.39 Å². The third-order valence-corrected chi connectivity index (χ3v) is 2.86. The minimum absolute atomic E-state index is 0.324. The molecule has 0 aliphatic carbocycles. The van der Waals surface area contributed by atoms with E-state index >= 15 is 0 Å². The molecule has 0 aliphatic rings. The molecule has 1 aromatic carbocycles. The predicted molar refractivity (Wildman–Crippen MR) is 55.5 cm³/mol. The zero-order chi connectivity index (χ0) is 11.6. The first kappa shape index (κ1) is 11.3. The molecule has 16 heavy (non-hydrogen) atoms. The van der Waals surface area contributed by atoms with Crippen LogP contribution in [-0.2, 0) is 5.25 Å². The standard InChI is InChI=1S/C9H5ClF2N2OS/c10-6-1-3-7(4-2-6)16-9(11,12)8-14-13-5-15-8/h1-5H. The van der Waals surface area contributed by atoms with Crippen LogP contribution in [0, 0.1) is 0 Å². The molecule has 0 unspecified atom stereocenters. The molecule has 0 radical (unpaired) electrons. The van der Waals surface area contributed by atoms with Gasteiger partial charge in [-0.25, -0.2) is 0 Å². The fourth-order valence-electron chi connectivity index (χ4n) is 0.994. The lowest BCUT2D eigenvalue weighted by Gasteiger charge is -2.10. The molecule has 1 aromatic heterocycles. The average Bonchev–Trinajstić information content (AvgIpc) is 2.75. The third kappa shape index (κ3) is 2.51. The molecular formula is C9H5ClF2N2OS. The molecule has 0 saturated carbocycles. The monoisotopic (exact) mass is 262 g/mol. The van der Waals surface area contributed by atoms with Crippen molar-refractivity contribution in [1.29, 1.82) is 0 Å². The molecule has 3 nitrogen and oxygen atoms in total. The van der Waals surface area contributed by atoms with Gasteiger partial charge in [0.05, 0.1) is 0 Å². The minimum atomic E-state index is -3.25. The zero-order valence-electron chi connectivity index (χ0n) is 7.73. The quantitative estimate of drug-likeness (QED) is 0.793. The highest BCUT2D eigenvalue weighted by atomic mass is 35.5. The Balaban J connectivity index is 2.18. The van der Waals surface area contributed by atoms with Crippen LogP contribution >= 0.6 is 23.4 Å². The summed E-state index contributed by atoms with van der Waals surface area (Å²) in [6.07, 6.45) is 0.867. The Labute approximate surface area is 98.8 Å². The highest BCUT2D eigenvalue weighted by Crippen LogP contribution is 2.43. The molecular weight excluding hydrogens is 258 g/mol. The topological polar surface area (TPSA) is 38.9 Å². The zero-order valence-corrected chi connectivity index (χ0v) is 9.30. The summed E-state index contributed by atoms with van der Waals surface area (Å²) in [5.74, 6) is -0.715. The van der Waals surface area contributed by atoms with Crippen molar-refractivity contribution >= 4 is 23.4 Å². The number of hydrogen-bond acceptors (Lipinski definition) is 4. The maximum Gasteiger partial charge on any atom is 0.374 e. The number of alkyl halides is 2. The fourth-order valence-corrected chi connectivity index (χ4v) is 1.86. The number of benzene rings is 1. The number of rotatable bonds is 3. The van der Waals surface area contributed by atoms with Gasteiger partial charge in [0.25, 0.3) is 5.89 Å². The molecule has 0 aliphatic heterocycles. The number of nitrogens with zero attached hydrogens (tertiary/aromatic N) is 2. The van der Waals surface area contributed by atoms with E-state index in [4.69, 9.17) is 11.6 Å². The van der Waals surface area contributed by atoms with E-state index in [1.165, 1.54) is 24.3 Å². The van der Waals surface area contributed by atoms with E-state index < -0.39 is 11.1 Å². The van der Waals surface area contributed by atoms with E-state index in [9.17, 15) is 8.78 Å². The second-order valence-corrected chi connectivity index (χ2v) is 4.44. The molecule has 0 fully saturated rings. The number of halogens is 3. The molecule has 0 amide bonds. The van der Waals surface area contributed by atoms with Crippen LogP contribution < -0.4 is 0 Å². The van der Waals surface area contributed by atoms with Crippen LogP contribution in [0.3, 0.4) is 0 Å². The second kappa shape index (κ2) is 4.39. The fraction of sp³-hybridized carbons (Fsp3) is 0.111. The van der Waals surface area contributed by atoms with E-state index in [0.29, 0.717) is 21.7 Å². The van der Waals surface area contributed by atoms with Gasteiger partial charge in [-0.15, -0.1) is 10.2 Å². The molecule has 84 valence electrons. The van der Waals surface area contributed by atoms with Gasteiger partial charge in [-0.3, -0.25) is 0 Å². The highest BCUT2D eigenvalue weighted by Gasteiger charge is 2.38. The van der Waals surface area contributed by atoms with Crippen molar-refractivity contribution in [2.75, 3.05) is 0 Å². The molecule has 0 bridgehead atoms. The molecule has 2 rings (SSSR count). The molecule has 1 heterocycles. The summed E-state index contributed by atoms with van der Waals surface area (Å²) in [5, 5.41) is 3.65. The second-order valence-electron chi connectivity index (χ2n) is 2.82. The van der Waals surface area contributed by atoms with Crippen LogP contribution in [-0.4, -0.2) is 10.2 Å². The maximum absolute atomic E-state index is 13.5. The summed E-state index contributed by atoms with van der Waals surface area (Å²) >= 11 is 5.97. The number of thioether (sulfide) groups is 1. The summed E-state index contributed by atoms with van der Waals surface area (Å²) in [6.45, 7) is 0. The molecule has 0 spiro atoms. The van der Waals surface area contributed by atoms with Gasteiger partial charge in [0.15, 0.2) is 0 Å². The van der Waals surface area contributed by atoms with Crippen molar-refractivity contribution in [3.63, 3.8) is 0 Å². The summed E-state index contributed by atoms with van der Waals surface area (Å²) in [7, 11) is 0. The van der Waals surface area contributed by atoms with Gasteiger partial charge in [-0.05, 0) is 36.0 Å². The first-order valence-corrected chi connectivity index (χ1v) is 5.36. The number of hydrogen-bond donors (Lipinski definition) is 0. The Kier molecular flexibility index (Phi) is 3.11. The molecule has 2 aromatic rings. The summed E-state index contributed by atoms with van der Waals surface area (Å²) < 4.78 is 31.5. The van der Waals surface area contributed by atoms with Crippen LogP contribution in [0.5, 0.6) is 0 Å². The van der Waals surface area contributed by atoms with E-state index in [0.717, 1.165) is 6.39 Å². The molecule has 0 saturated heterocycles. The molecule has 0 atom stereocenters. The van der Waals surface area contributed by atoms with E-state index in [-0.39, 0.29) is 0 Å². The van der Waals surface area contributed by atoms with Crippen molar-refractivity contribution in [3.8, 4) is 0 Å². The Hall–Kier alpha value is -1.14. The predicted octanol–water partition coefficient (Wildman–Crippen LogP) is 3.56. The van der Waals surface area contributed by atoms with Crippen LogP contribution in [0.2, 0.25) is 5.02 Å². The summed E-state index contributed by atoms with van der Waals surface area (Å²) in [6, 6.07) is 6.07. The summed E-state index contributed by atoms with van der Waals surface area (Å²) in [4.78, 5) is 0.368. The van der Waals surface area contributed by atoms with E-state index in [1.54, 1.807) is 0 Å². The first-order chi connectivity index (χ1) is 7.58. The van der Waals surface area contributed by atoms with Gasteiger partial charge in [-0.2, -0.15) is 8.78 Å². The SMILES string of the molecule is FC(F)(Sc1ccc(Cl)cc1)c1nnco1. The number of aromatic nitrogens is 2. The van der Waals surface area contributed by atoms with E-state index in [1.807, 2.05) is 0 Å². The first-order valence-electron chi connectivity index (χ1n) is 4.17. The van der Waals surface area contributed by atoms with Gasteiger partial charge >= 0.3 is 5.25 Å². The van der Waals surface area contributed by atoms with Gasteiger partial charge in [0.1, 0.15) is 0 Å². The lowest BCUT2D eigenvalue weighted by Crippen LogP contribution is -2.08. The highest BCUT2D eigenvalue weighted by molar-refractivity contribution is 7.99. The Morgan fingerprint density at radius 1 is 1.25 bits per heavy atom. The lowest BCUT2D eigenvalue weighted by atomic mass is 10.4.